The summed E-state index contributed by atoms with van der Waals surface area (Å²) in [5, 5.41) is 0. The first kappa shape index (κ1) is 15.7. The standard InChI is InChI=1S/Cu.H2O4S.H2Se/c;1-5(2,3)4;/h;(H2,1,2,3,4);1H2/q+2;;/p-2. The Hall–Kier alpha value is 0.909. The molecule has 0 spiro atoms. The Bertz CT molecular complexity index is 94.9. The van der Waals surface area contributed by atoms with Crippen molar-refractivity contribution < 1.29 is 34.6 Å². The Morgan fingerprint density at radius 2 is 1.14 bits per heavy atom. The molecule has 4 nitrogen and oxygen atoms in total. The molecule has 0 heterocycles. The van der Waals surface area contributed by atoms with Crippen LogP contribution < -0.4 is 0 Å². The summed E-state index contributed by atoms with van der Waals surface area (Å²) in [5.41, 5.74) is 0. The topological polar surface area (TPSA) is 80.3 Å². The van der Waals surface area contributed by atoms with Crippen LogP contribution in [0.4, 0.5) is 0 Å². The molecule has 0 aliphatic heterocycles. The number of hydrogen-bond donors (Lipinski definition) is 0. The summed E-state index contributed by atoms with van der Waals surface area (Å²) >= 11 is 0. The maximum atomic E-state index is 8.52. The molecule has 7 heavy (non-hydrogen) atoms. The molecule has 0 aliphatic carbocycles. The molecular formula is H2CuO4SSe. The average molecular weight is 241 g/mol. The van der Waals surface area contributed by atoms with Gasteiger partial charge in [-0.3, -0.25) is 8.42 Å². The van der Waals surface area contributed by atoms with Gasteiger partial charge in [-0.25, -0.2) is 0 Å². The predicted molar refractivity (Wildman–Crippen MR) is 19.0 cm³/mol. The number of rotatable bonds is 0. The Balaban J connectivity index is -0.0000000800. The van der Waals surface area contributed by atoms with Crippen LogP contribution in [0.3, 0.4) is 0 Å². The third-order valence-electron chi connectivity index (χ3n) is 0. The summed E-state index contributed by atoms with van der Waals surface area (Å²) in [6.07, 6.45) is 0. The van der Waals surface area contributed by atoms with Crippen molar-refractivity contribution in [3.8, 4) is 0 Å². The predicted octanol–water partition coefficient (Wildman–Crippen LogP) is -2.26. The van der Waals surface area contributed by atoms with Crippen LogP contribution in [0.2, 0.25) is 0 Å². The SMILES string of the molecule is O=S(=O)([O-])[O-].[Cu+2].[SeH2]. The molecule has 0 unspecified atom stereocenters. The third-order valence-corrected chi connectivity index (χ3v) is 0. The molecule has 7 heteroatoms. The van der Waals surface area contributed by atoms with Gasteiger partial charge in [0.05, 0.1) is 0 Å². The van der Waals surface area contributed by atoms with Gasteiger partial charge in [0.2, 0.25) is 0 Å². The molecular weight excluding hydrogens is 239 g/mol. The molecule has 0 N–H and O–H groups in total. The first-order valence-electron chi connectivity index (χ1n) is 0.667. The number of hydrogen-bond acceptors (Lipinski definition) is 4. The van der Waals surface area contributed by atoms with Gasteiger partial charge in [0.15, 0.2) is 0 Å². The second-order valence-electron chi connectivity index (χ2n) is 0.408. The van der Waals surface area contributed by atoms with E-state index in [1.165, 1.54) is 0 Å². The van der Waals surface area contributed by atoms with Crippen molar-refractivity contribution >= 4 is 27.5 Å². The molecule has 0 atom stereocenters. The normalized spacial score (nSPS) is 8.29. The van der Waals surface area contributed by atoms with E-state index < -0.39 is 10.4 Å². The summed E-state index contributed by atoms with van der Waals surface area (Å²) in [7, 11) is -5.17. The van der Waals surface area contributed by atoms with Crippen LogP contribution >= 0.6 is 0 Å². The van der Waals surface area contributed by atoms with E-state index in [0.717, 1.165) is 0 Å². The molecule has 0 saturated carbocycles. The van der Waals surface area contributed by atoms with Crippen molar-refractivity contribution in [1.29, 1.82) is 0 Å². The molecule has 1 radical (unpaired) electrons. The zero-order valence-electron chi connectivity index (χ0n) is 2.84. The molecule has 0 aromatic carbocycles. The van der Waals surface area contributed by atoms with Crippen molar-refractivity contribution in [3.63, 3.8) is 0 Å². The summed E-state index contributed by atoms with van der Waals surface area (Å²) in [6.45, 7) is 0. The zero-order valence-corrected chi connectivity index (χ0v) is 6.70. The minimum atomic E-state index is -5.17. The van der Waals surface area contributed by atoms with E-state index in [1.807, 2.05) is 0 Å². The Morgan fingerprint density at radius 1 is 1.14 bits per heavy atom. The fourth-order valence-corrected chi connectivity index (χ4v) is 0. The zero-order chi connectivity index (χ0) is 4.50. The van der Waals surface area contributed by atoms with E-state index >= 15 is 0 Å². The maximum absolute atomic E-state index is 8.52. The van der Waals surface area contributed by atoms with Gasteiger partial charge >= 0.3 is 34.1 Å². The van der Waals surface area contributed by atoms with E-state index in [4.69, 9.17) is 17.5 Å². The fraction of sp³-hybridized carbons (Fsp3) is 0. The van der Waals surface area contributed by atoms with Crippen LogP contribution in [0, 0.1) is 0 Å². The fourth-order valence-electron chi connectivity index (χ4n) is 0. The van der Waals surface area contributed by atoms with Crippen LogP contribution in [0.5, 0.6) is 0 Å². The first-order chi connectivity index (χ1) is 2.00. The van der Waals surface area contributed by atoms with Crippen molar-refractivity contribution in [1.82, 2.24) is 0 Å². The summed E-state index contributed by atoms with van der Waals surface area (Å²) < 4.78 is 34.1. The molecule has 0 amide bonds. The van der Waals surface area contributed by atoms with Gasteiger partial charge in [-0.1, -0.05) is 0 Å². The van der Waals surface area contributed by atoms with Crippen LogP contribution in [0.1, 0.15) is 0 Å². The summed E-state index contributed by atoms with van der Waals surface area (Å²) in [5.74, 6) is 0. The van der Waals surface area contributed by atoms with Crippen molar-refractivity contribution in [2.45, 2.75) is 0 Å². The van der Waals surface area contributed by atoms with E-state index in [0.29, 0.717) is 0 Å². The quantitative estimate of drug-likeness (QED) is 0.272. The second-order valence-corrected chi connectivity index (χ2v) is 1.22. The molecule has 0 aromatic rings. The summed E-state index contributed by atoms with van der Waals surface area (Å²) in [6, 6.07) is 0. The first-order valence-corrected chi connectivity index (χ1v) is 2.00. The van der Waals surface area contributed by atoms with E-state index in [-0.39, 0.29) is 34.1 Å². The van der Waals surface area contributed by atoms with Crippen LogP contribution in [-0.2, 0) is 27.5 Å². The molecule has 0 fully saturated rings. The van der Waals surface area contributed by atoms with E-state index in [9.17, 15) is 0 Å². The van der Waals surface area contributed by atoms with Gasteiger partial charge < -0.3 is 9.11 Å². The molecule has 0 aliphatic rings. The molecule has 0 rings (SSSR count). The monoisotopic (exact) mass is 241 g/mol. The second kappa shape index (κ2) is 5.05. The van der Waals surface area contributed by atoms with Crippen molar-refractivity contribution in [2.24, 2.45) is 0 Å². The minimum absolute atomic E-state index is 0. The van der Waals surface area contributed by atoms with Gasteiger partial charge in [-0.2, -0.15) is 0 Å². The van der Waals surface area contributed by atoms with Crippen LogP contribution in [0.15, 0.2) is 0 Å². The Morgan fingerprint density at radius 3 is 1.14 bits per heavy atom. The van der Waals surface area contributed by atoms with Crippen molar-refractivity contribution in [3.05, 3.63) is 0 Å². The summed E-state index contributed by atoms with van der Waals surface area (Å²) in [4.78, 5) is 0. The van der Waals surface area contributed by atoms with Crippen molar-refractivity contribution in [2.75, 3.05) is 0 Å². The molecule has 0 saturated heterocycles. The molecule has 0 bridgehead atoms. The van der Waals surface area contributed by atoms with Gasteiger partial charge in [0.25, 0.3) is 0 Å². The Labute approximate surface area is 62.2 Å². The van der Waals surface area contributed by atoms with E-state index in [2.05, 4.69) is 0 Å². The van der Waals surface area contributed by atoms with E-state index in [1.54, 1.807) is 0 Å². The van der Waals surface area contributed by atoms with Gasteiger partial charge in [0.1, 0.15) is 0 Å². The van der Waals surface area contributed by atoms with Gasteiger partial charge in [-0.15, -0.1) is 0 Å². The average Bonchev–Trinajstić information content (AvgIpc) is 0.722. The van der Waals surface area contributed by atoms with Crippen LogP contribution in [0.25, 0.3) is 0 Å². The Kier molecular flexibility index (Phi) is 11.3. The molecule has 49 valence electrons. The van der Waals surface area contributed by atoms with Crippen LogP contribution in [-0.4, -0.2) is 34.6 Å². The third kappa shape index (κ3) is 202. The van der Waals surface area contributed by atoms with Gasteiger partial charge in [-0.05, 0) is 0 Å². The molecule has 0 aromatic heterocycles. The van der Waals surface area contributed by atoms with Gasteiger partial charge in [0, 0.05) is 10.4 Å².